The number of sulfonamides is 1. The SMILES string of the molecule is CC1CCC(c2ccccc2)S(=O)(=O)N1Cc1ccc(C2(C#N)CCC(n3cnnc3)CC2)cc1. The molecule has 1 saturated heterocycles. The molecular weight excluding hydrogens is 458 g/mol. The maximum absolute atomic E-state index is 13.5. The Morgan fingerprint density at radius 1 is 0.971 bits per heavy atom. The van der Waals surface area contributed by atoms with Crippen LogP contribution in [0.15, 0.2) is 67.3 Å². The van der Waals surface area contributed by atoms with Crippen molar-refractivity contribution in [2.75, 3.05) is 0 Å². The van der Waals surface area contributed by atoms with E-state index in [1.54, 1.807) is 17.0 Å². The van der Waals surface area contributed by atoms with Crippen LogP contribution in [0.3, 0.4) is 0 Å². The van der Waals surface area contributed by atoms with Gasteiger partial charge in [0.2, 0.25) is 10.0 Å². The molecule has 0 radical (unpaired) electrons. The summed E-state index contributed by atoms with van der Waals surface area (Å²) in [5, 5.41) is 17.4. The fourth-order valence-corrected chi connectivity index (χ4v) is 7.91. The molecule has 1 saturated carbocycles. The Hall–Kier alpha value is -3.02. The molecule has 182 valence electrons. The van der Waals surface area contributed by atoms with Crippen LogP contribution in [0.5, 0.6) is 0 Å². The molecule has 1 aliphatic carbocycles. The zero-order chi connectivity index (χ0) is 24.5. The fourth-order valence-electron chi connectivity index (χ4n) is 5.72. The minimum atomic E-state index is -3.47. The van der Waals surface area contributed by atoms with Gasteiger partial charge in [-0.05, 0) is 62.1 Å². The van der Waals surface area contributed by atoms with E-state index in [9.17, 15) is 13.7 Å². The average molecular weight is 490 g/mol. The summed E-state index contributed by atoms with van der Waals surface area (Å²) in [5.74, 6) is 0. The third-order valence-electron chi connectivity index (χ3n) is 7.92. The normalized spacial score (nSPS) is 28.9. The molecule has 1 aromatic heterocycles. The molecular formula is C27H31N5O2S. The predicted octanol–water partition coefficient (Wildman–Crippen LogP) is 4.91. The lowest BCUT2D eigenvalue weighted by atomic mass is 9.69. The zero-order valence-electron chi connectivity index (χ0n) is 20.0. The van der Waals surface area contributed by atoms with E-state index in [1.807, 2.05) is 66.1 Å². The second-order valence-electron chi connectivity index (χ2n) is 9.95. The van der Waals surface area contributed by atoms with Crippen LogP contribution in [0.1, 0.15) is 73.4 Å². The lowest BCUT2D eigenvalue weighted by Crippen LogP contribution is -2.44. The van der Waals surface area contributed by atoms with Crippen molar-refractivity contribution in [3.8, 4) is 6.07 Å². The molecule has 2 heterocycles. The van der Waals surface area contributed by atoms with Crippen LogP contribution in [0.2, 0.25) is 0 Å². The van der Waals surface area contributed by atoms with E-state index >= 15 is 0 Å². The monoisotopic (exact) mass is 489 g/mol. The Morgan fingerprint density at radius 3 is 2.26 bits per heavy atom. The minimum Gasteiger partial charge on any atom is -0.317 e. The van der Waals surface area contributed by atoms with Gasteiger partial charge in [0.25, 0.3) is 0 Å². The summed E-state index contributed by atoms with van der Waals surface area (Å²) < 4.78 is 30.8. The summed E-state index contributed by atoms with van der Waals surface area (Å²) in [5.41, 5.74) is 2.32. The molecule has 2 atom stereocenters. The summed E-state index contributed by atoms with van der Waals surface area (Å²) in [6.07, 6.45) is 8.33. The highest BCUT2D eigenvalue weighted by Crippen LogP contribution is 2.43. The highest BCUT2D eigenvalue weighted by Gasteiger charge is 2.41. The van der Waals surface area contributed by atoms with Gasteiger partial charge in [0.15, 0.2) is 0 Å². The Morgan fingerprint density at radius 2 is 1.63 bits per heavy atom. The van der Waals surface area contributed by atoms with Crippen molar-refractivity contribution in [3.05, 3.63) is 83.9 Å². The van der Waals surface area contributed by atoms with E-state index in [2.05, 4.69) is 16.3 Å². The second-order valence-corrected chi connectivity index (χ2v) is 12.0. The number of aromatic nitrogens is 3. The standard InChI is InChI=1S/C27H31N5O2S/c1-21-7-12-26(23-5-3-2-4-6-23)35(33,34)32(21)17-22-8-10-24(11-9-22)27(18-28)15-13-25(14-16-27)31-19-29-30-20-31/h2-6,8-11,19-21,25-26H,7,12-17H2,1H3. The van der Waals surface area contributed by atoms with Crippen molar-refractivity contribution in [2.24, 2.45) is 0 Å². The second kappa shape index (κ2) is 9.56. The largest absolute Gasteiger partial charge is 0.317 e. The van der Waals surface area contributed by atoms with Gasteiger partial charge in [-0.15, -0.1) is 10.2 Å². The topological polar surface area (TPSA) is 91.9 Å². The van der Waals surface area contributed by atoms with E-state index in [-0.39, 0.29) is 6.04 Å². The minimum absolute atomic E-state index is 0.0435. The first kappa shape index (κ1) is 23.7. The van der Waals surface area contributed by atoms with Gasteiger partial charge in [-0.2, -0.15) is 9.57 Å². The van der Waals surface area contributed by atoms with Gasteiger partial charge in [0, 0.05) is 18.6 Å². The predicted molar refractivity (Wildman–Crippen MR) is 134 cm³/mol. The summed E-state index contributed by atoms with van der Waals surface area (Å²) in [7, 11) is -3.47. The molecule has 3 aromatic rings. The maximum atomic E-state index is 13.5. The van der Waals surface area contributed by atoms with Gasteiger partial charge in [0.1, 0.15) is 17.9 Å². The van der Waals surface area contributed by atoms with Crippen molar-refractivity contribution < 1.29 is 8.42 Å². The third kappa shape index (κ3) is 4.51. The Kier molecular flexibility index (Phi) is 6.47. The van der Waals surface area contributed by atoms with Gasteiger partial charge in [0.05, 0.1) is 11.5 Å². The van der Waals surface area contributed by atoms with Gasteiger partial charge >= 0.3 is 0 Å². The van der Waals surface area contributed by atoms with E-state index in [0.717, 1.165) is 48.8 Å². The summed E-state index contributed by atoms with van der Waals surface area (Å²) in [6, 6.07) is 20.4. The lowest BCUT2D eigenvalue weighted by molar-refractivity contribution is 0.277. The lowest BCUT2D eigenvalue weighted by Gasteiger charge is -2.38. The molecule has 35 heavy (non-hydrogen) atoms. The van der Waals surface area contributed by atoms with Crippen LogP contribution in [0.4, 0.5) is 0 Å². The van der Waals surface area contributed by atoms with Gasteiger partial charge < -0.3 is 4.57 Å². The first-order valence-electron chi connectivity index (χ1n) is 12.3. The Labute approximate surface area is 207 Å². The molecule has 0 N–H and O–H groups in total. The van der Waals surface area contributed by atoms with Crippen molar-refractivity contribution in [2.45, 2.75) is 74.7 Å². The van der Waals surface area contributed by atoms with Gasteiger partial charge in [-0.1, -0.05) is 54.6 Å². The molecule has 8 heteroatoms. The van der Waals surface area contributed by atoms with Gasteiger partial charge in [-0.3, -0.25) is 0 Å². The molecule has 0 bridgehead atoms. The van der Waals surface area contributed by atoms with Crippen molar-refractivity contribution >= 4 is 10.0 Å². The summed E-state index contributed by atoms with van der Waals surface area (Å²) in [4.78, 5) is 0. The Balaban J connectivity index is 1.32. The number of benzene rings is 2. The van der Waals surface area contributed by atoms with Crippen LogP contribution in [-0.2, 0) is 22.0 Å². The van der Waals surface area contributed by atoms with E-state index in [1.165, 1.54) is 0 Å². The maximum Gasteiger partial charge on any atom is 0.221 e. The summed E-state index contributed by atoms with van der Waals surface area (Å²) in [6.45, 7) is 2.34. The Bertz CT molecular complexity index is 1280. The number of rotatable bonds is 5. The van der Waals surface area contributed by atoms with Crippen LogP contribution in [0.25, 0.3) is 0 Å². The quantitative estimate of drug-likeness (QED) is 0.508. The molecule has 1 aliphatic heterocycles. The molecule has 0 amide bonds. The molecule has 2 fully saturated rings. The number of hydrogen-bond donors (Lipinski definition) is 0. The molecule has 2 aromatic carbocycles. The van der Waals surface area contributed by atoms with Crippen molar-refractivity contribution in [1.29, 1.82) is 5.26 Å². The zero-order valence-corrected chi connectivity index (χ0v) is 20.8. The first-order valence-corrected chi connectivity index (χ1v) is 13.8. The number of nitrogens with zero attached hydrogens (tertiary/aromatic N) is 5. The molecule has 2 aliphatic rings. The van der Waals surface area contributed by atoms with Gasteiger partial charge in [-0.25, -0.2) is 8.42 Å². The van der Waals surface area contributed by atoms with E-state index in [0.29, 0.717) is 19.0 Å². The molecule has 2 unspecified atom stereocenters. The average Bonchev–Trinajstić information content (AvgIpc) is 3.42. The number of nitriles is 1. The summed E-state index contributed by atoms with van der Waals surface area (Å²) >= 11 is 0. The van der Waals surface area contributed by atoms with E-state index < -0.39 is 20.7 Å². The van der Waals surface area contributed by atoms with Crippen LogP contribution >= 0.6 is 0 Å². The number of hydrogen-bond acceptors (Lipinski definition) is 5. The van der Waals surface area contributed by atoms with Crippen LogP contribution in [0, 0.1) is 11.3 Å². The van der Waals surface area contributed by atoms with Crippen LogP contribution < -0.4 is 0 Å². The van der Waals surface area contributed by atoms with Crippen molar-refractivity contribution in [3.63, 3.8) is 0 Å². The van der Waals surface area contributed by atoms with Crippen LogP contribution in [-0.4, -0.2) is 33.5 Å². The van der Waals surface area contributed by atoms with Crippen molar-refractivity contribution in [1.82, 2.24) is 19.1 Å². The third-order valence-corrected chi connectivity index (χ3v) is 10.3. The molecule has 0 spiro atoms. The van der Waals surface area contributed by atoms with E-state index in [4.69, 9.17) is 0 Å². The highest BCUT2D eigenvalue weighted by molar-refractivity contribution is 7.89. The first-order chi connectivity index (χ1) is 16.9. The fraction of sp³-hybridized carbons (Fsp3) is 0.444. The molecule has 7 nitrogen and oxygen atoms in total. The smallest absolute Gasteiger partial charge is 0.221 e. The highest BCUT2D eigenvalue weighted by atomic mass is 32.2. The molecule has 5 rings (SSSR count).